The second-order valence-corrected chi connectivity index (χ2v) is 6.53. The average Bonchev–Trinajstić information content (AvgIpc) is 3.08. The maximum absolute atomic E-state index is 12.6. The quantitative estimate of drug-likeness (QED) is 0.777. The first kappa shape index (κ1) is 15.6. The lowest BCUT2D eigenvalue weighted by Gasteiger charge is -2.25. The maximum atomic E-state index is 12.6. The summed E-state index contributed by atoms with van der Waals surface area (Å²) in [7, 11) is 3.11. The highest BCUT2D eigenvalue weighted by molar-refractivity contribution is 7.15. The molecule has 3 heterocycles. The summed E-state index contributed by atoms with van der Waals surface area (Å²) in [5, 5.41) is 4.64. The van der Waals surface area contributed by atoms with Crippen LogP contribution in [0.4, 0.5) is 5.82 Å². The summed E-state index contributed by atoms with van der Waals surface area (Å²) in [4.78, 5) is 29.6. The van der Waals surface area contributed by atoms with E-state index < -0.39 is 0 Å². The van der Waals surface area contributed by atoms with Crippen LogP contribution in [0.3, 0.4) is 0 Å². The van der Waals surface area contributed by atoms with Gasteiger partial charge in [-0.15, -0.1) is 11.3 Å². The zero-order chi connectivity index (χ0) is 17.6. The number of aromatic nitrogens is 2. The van der Waals surface area contributed by atoms with Crippen LogP contribution in [0.1, 0.15) is 23.5 Å². The predicted molar refractivity (Wildman–Crippen MR) is 94.0 cm³/mol. The molecule has 4 rings (SSSR count). The van der Waals surface area contributed by atoms with E-state index in [0.29, 0.717) is 27.8 Å². The largest absolute Gasteiger partial charge is 0.493 e. The molecular weight excluding hydrogens is 342 g/mol. The van der Waals surface area contributed by atoms with Crippen molar-refractivity contribution in [1.82, 2.24) is 9.38 Å². The molecule has 0 radical (unpaired) electrons. The van der Waals surface area contributed by atoms with E-state index in [1.54, 1.807) is 36.9 Å². The number of benzene rings is 1. The first-order valence-corrected chi connectivity index (χ1v) is 8.52. The lowest BCUT2D eigenvalue weighted by Crippen LogP contribution is -2.31. The van der Waals surface area contributed by atoms with Gasteiger partial charge in [0.05, 0.1) is 19.8 Å². The standard InChI is InChI=1S/C17H15N3O4S/c1-23-11-4-3-9(7-12(11)24-2)10-8-13(21)18-15-14(10)16(22)19-17-20(15)5-6-25-17/h3-7,10H,8H2,1-2H3,(H,18,21). The monoisotopic (exact) mass is 357 g/mol. The van der Waals surface area contributed by atoms with E-state index in [4.69, 9.17) is 9.47 Å². The van der Waals surface area contributed by atoms with Crippen molar-refractivity contribution in [2.24, 2.45) is 0 Å². The topological polar surface area (TPSA) is 81.9 Å². The van der Waals surface area contributed by atoms with Crippen LogP contribution in [0.15, 0.2) is 34.6 Å². The molecule has 7 nitrogen and oxygen atoms in total. The van der Waals surface area contributed by atoms with Gasteiger partial charge in [0.25, 0.3) is 5.56 Å². The Hall–Kier alpha value is -2.87. The Balaban J connectivity index is 1.93. The van der Waals surface area contributed by atoms with E-state index in [1.807, 2.05) is 11.4 Å². The second-order valence-electron chi connectivity index (χ2n) is 5.65. The number of methoxy groups -OCH3 is 2. The van der Waals surface area contributed by atoms with Crippen LogP contribution in [-0.4, -0.2) is 29.5 Å². The molecule has 8 heteroatoms. The van der Waals surface area contributed by atoms with Crippen molar-refractivity contribution in [3.8, 4) is 11.5 Å². The molecule has 0 fully saturated rings. The summed E-state index contributed by atoms with van der Waals surface area (Å²) < 4.78 is 12.3. The Kier molecular flexibility index (Phi) is 3.69. The zero-order valence-electron chi connectivity index (χ0n) is 13.6. The Morgan fingerprint density at radius 3 is 2.80 bits per heavy atom. The van der Waals surface area contributed by atoms with E-state index in [1.165, 1.54) is 11.3 Å². The van der Waals surface area contributed by atoms with Crippen molar-refractivity contribution in [3.63, 3.8) is 0 Å². The average molecular weight is 357 g/mol. The predicted octanol–water partition coefficient (Wildman–Crippen LogP) is 2.25. The van der Waals surface area contributed by atoms with Crippen LogP contribution in [0.5, 0.6) is 11.5 Å². The molecule has 128 valence electrons. The van der Waals surface area contributed by atoms with Crippen LogP contribution < -0.4 is 20.3 Å². The fourth-order valence-corrected chi connectivity index (χ4v) is 3.87. The molecule has 0 spiro atoms. The van der Waals surface area contributed by atoms with E-state index in [9.17, 15) is 9.59 Å². The minimum atomic E-state index is -0.389. The van der Waals surface area contributed by atoms with Crippen LogP contribution >= 0.6 is 11.3 Å². The highest BCUT2D eigenvalue weighted by Gasteiger charge is 2.32. The van der Waals surface area contributed by atoms with Crippen molar-refractivity contribution >= 4 is 28.0 Å². The van der Waals surface area contributed by atoms with Gasteiger partial charge in [0.1, 0.15) is 5.82 Å². The summed E-state index contributed by atoms with van der Waals surface area (Å²) in [6, 6.07) is 5.42. The summed E-state index contributed by atoms with van der Waals surface area (Å²) in [5.41, 5.74) is 0.975. The minimum Gasteiger partial charge on any atom is -0.493 e. The fraction of sp³-hybridized carbons (Fsp3) is 0.235. The molecule has 0 saturated heterocycles. The van der Waals surface area contributed by atoms with Crippen molar-refractivity contribution in [3.05, 3.63) is 51.3 Å². The number of nitrogens with zero attached hydrogens (tertiary/aromatic N) is 2. The van der Waals surface area contributed by atoms with Crippen LogP contribution in [0.2, 0.25) is 0 Å². The van der Waals surface area contributed by atoms with Crippen molar-refractivity contribution in [1.29, 1.82) is 0 Å². The van der Waals surface area contributed by atoms with Gasteiger partial charge < -0.3 is 14.8 Å². The molecule has 0 saturated carbocycles. The summed E-state index contributed by atoms with van der Waals surface area (Å²) in [6.45, 7) is 0. The number of ether oxygens (including phenoxy) is 2. The molecule has 3 aromatic rings. The maximum Gasteiger partial charge on any atom is 0.279 e. The number of fused-ring (bicyclic) bond motifs is 3. The number of carbonyl (C=O) groups excluding carboxylic acids is 1. The first-order valence-electron chi connectivity index (χ1n) is 7.64. The zero-order valence-corrected chi connectivity index (χ0v) is 14.4. The molecular formula is C17H15N3O4S. The first-order chi connectivity index (χ1) is 12.1. The molecule has 25 heavy (non-hydrogen) atoms. The Morgan fingerprint density at radius 1 is 1.24 bits per heavy atom. The van der Waals surface area contributed by atoms with Gasteiger partial charge in [0.2, 0.25) is 5.91 Å². The number of hydrogen-bond acceptors (Lipinski definition) is 6. The van der Waals surface area contributed by atoms with Crippen LogP contribution in [0.25, 0.3) is 4.96 Å². The molecule has 0 bridgehead atoms. The molecule has 1 N–H and O–H groups in total. The highest BCUT2D eigenvalue weighted by atomic mass is 32.1. The number of carbonyl (C=O) groups is 1. The van der Waals surface area contributed by atoms with Gasteiger partial charge in [-0.2, -0.15) is 4.98 Å². The normalized spacial score (nSPS) is 16.4. The number of rotatable bonds is 3. The summed E-state index contributed by atoms with van der Waals surface area (Å²) in [6.07, 6.45) is 1.97. The van der Waals surface area contributed by atoms with Crippen molar-refractivity contribution < 1.29 is 14.3 Å². The molecule has 1 unspecified atom stereocenters. The number of amides is 1. The third-order valence-corrected chi connectivity index (χ3v) is 5.08. The van der Waals surface area contributed by atoms with Crippen LogP contribution in [-0.2, 0) is 4.79 Å². The highest BCUT2D eigenvalue weighted by Crippen LogP contribution is 2.38. The number of hydrogen-bond donors (Lipinski definition) is 1. The molecule has 2 aromatic heterocycles. The smallest absolute Gasteiger partial charge is 0.279 e. The summed E-state index contributed by atoms with van der Waals surface area (Å²) >= 11 is 1.35. The van der Waals surface area contributed by atoms with Crippen molar-refractivity contribution in [2.75, 3.05) is 19.5 Å². The van der Waals surface area contributed by atoms with Gasteiger partial charge >= 0.3 is 0 Å². The van der Waals surface area contributed by atoms with Crippen molar-refractivity contribution in [2.45, 2.75) is 12.3 Å². The minimum absolute atomic E-state index is 0.141. The molecule has 1 aromatic carbocycles. The Morgan fingerprint density at radius 2 is 2.04 bits per heavy atom. The van der Waals surface area contributed by atoms with Gasteiger partial charge in [-0.25, -0.2) is 0 Å². The lowest BCUT2D eigenvalue weighted by molar-refractivity contribution is -0.116. The van der Waals surface area contributed by atoms with E-state index in [0.717, 1.165) is 5.56 Å². The molecule has 1 atom stereocenters. The number of thiazole rings is 1. The van der Waals surface area contributed by atoms with Gasteiger partial charge in [-0.1, -0.05) is 6.07 Å². The molecule has 1 aliphatic rings. The van der Waals surface area contributed by atoms with E-state index >= 15 is 0 Å². The molecule has 0 aliphatic carbocycles. The third-order valence-electron chi connectivity index (χ3n) is 4.32. The van der Waals surface area contributed by atoms with Crippen LogP contribution in [0, 0.1) is 0 Å². The van der Waals surface area contributed by atoms with E-state index in [-0.39, 0.29) is 23.8 Å². The number of nitrogens with one attached hydrogen (secondary N) is 1. The third kappa shape index (κ3) is 2.45. The van der Waals surface area contributed by atoms with Gasteiger partial charge in [0, 0.05) is 23.9 Å². The Bertz CT molecular complexity index is 1040. The SMILES string of the molecule is COc1ccc(C2CC(=O)Nc3c2c(=O)nc2sccn32)cc1OC. The molecule has 1 amide bonds. The molecule has 1 aliphatic heterocycles. The van der Waals surface area contributed by atoms with Gasteiger partial charge in [0.15, 0.2) is 16.5 Å². The Labute approximate surface area is 146 Å². The fourth-order valence-electron chi connectivity index (χ4n) is 3.17. The summed E-state index contributed by atoms with van der Waals surface area (Å²) in [5.74, 6) is 1.11. The van der Waals surface area contributed by atoms with E-state index in [2.05, 4.69) is 10.3 Å². The van der Waals surface area contributed by atoms with Gasteiger partial charge in [-0.05, 0) is 17.7 Å². The van der Waals surface area contributed by atoms with Gasteiger partial charge in [-0.3, -0.25) is 14.0 Å². The lowest BCUT2D eigenvalue weighted by atomic mass is 9.86. The number of anilines is 1. The second kappa shape index (κ2) is 5.89.